The summed E-state index contributed by atoms with van der Waals surface area (Å²) in [5, 5.41) is 0. The molecule has 0 bridgehead atoms. The molecule has 0 N–H and O–H groups in total. The van der Waals surface area contributed by atoms with E-state index in [0.717, 1.165) is 19.3 Å². The second-order valence-corrected chi connectivity index (χ2v) is 8.17. The van der Waals surface area contributed by atoms with E-state index in [4.69, 9.17) is 4.74 Å². The molecule has 0 radical (unpaired) electrons. The van der Waals surface area contributed by atoms with Crippen molar-refractivity contribution in [1.82, 2.24) is 0 Å². The van der Waals surface area contributed by atoms with Crippen molar-refractivity contribution in [2.24, 2.45) is 16.2 Å². The topological polar surface area (TPSA) is 29.6 Å². The quantitative estimate of drug-likeness (QED) is 0.613. The van der Waals surface area contributed by atoms with Crippen LogP contribution < -0.4 is 0 Å². The van der Waals surface area contributed by atoms with Crippen LogP contribution in [-0.4, -0.2) is 17.0 Å². The van der Waals surface area contributed by atoms with Crippen molar-refractivity contribution in [2.45, 2.75) is 78.4 Å². The van der Waals surface area contributed by atoms with Gasteiger partial charge in [-0.15, -0.1) is 0 Å². The molecule has 2 saturated carbocycles. The lowest BCUT2D eigenvalue weighted by molar-refractivity contribution is -0.157. The highest BCUT2D eigenvalue weighted by atomic mass is 16.6. The molecule has 2 unspecified atom stereocenters. The van der Waals surface area contributed by atoms with Crippen molar-refractivity contribution in [3.63, 3.8) is 0 Å². The number of hydrogen-bond donors (Lipinski definition) is 0. The second-order valence-electron chi connectivity index (χ2n) is 8.17. The van der Waals surface area contributed by atoms with Gasteiger partial charge in [0, 0.05) is 10.8 Å². The van der Waals surface area contributed by atoms with E-state index in [1.165, 1.54) is 6.42 Å². The maximum absolute atomic E-state index is 13.0. The average Bonchev–Trinajstić information content (AvgIpc) is 2.98. The molecule has 0 amide bonds. The molecule has 1 aliphatic heterocycles. The van der Waals surface area contributed by atoms with Crippen molar-refractivity contribution < 1.29 is 9.53 Å². The Morgan fingerprint density at radius 1 is 0.889 bits per heavy atom. The Balaban J connectivity index is 2.21. The lowest BCUT2D eigenvalue weighted by Gasteiger charge is -2.59. The van der Waals surface area contributed by atoms with Gasteiger partial charge >= 0.3 is 0 Å². The van der Waals surface area contributed by atoms with E-state index in [-0.39, 0.29) is 21.8 Å². The molecule has 0 aromatic heterocycles. The Morgan fingerprint density at radius 3 is 2.06 bits per heavy atom. The van der Waals surface area contributed by atoms with E-state index in [1.807, 2.05) is 0 Å². The van der Waals surface area contributed by atoms with E-state index in [9.17, 15) is 4.79 Å². The molecule has 0 aromatic rings. The zero-order valence-electron chi connectivity index (χ0n) is 12.6. The molecular formula is C16H26O2. The van der Waals surface area contributed by atoms with Crippen LogP contribution in [0.3, 0.4) is 0 Å². The van der Waals surface area contributed by atoms with E-state index < -0.39 is 5.60 Å². The molecule has 2 aliphatic carbocycles. The Hall–Kier alpha value is -0.370. The molecular weight excluding hydrogens is 224 g/mol. The molecule has 1 heterocycles. The molecule has 3 fully saturated rings. The van der Waals surface area contributed by atoms with Gasteiger partial charge in [0.15, 0.2) is 11.4 Å². The molecule has 0 aromatic carbocycles. The number of ketones is 1. The van der Waals surface area contributed by atoms with E-state index in [1.54, 1.807) is 0 Å². The third-order valence-electron chi connectivity index (χ3n) is 7.34. The van der Waals surface area contributed by atoms with Crippen molar-refractivity contribution in [2.75, 3.05) is 0 Å². The second kappa shape index (κ2) is 2.87. The lowest BCUT2D eigenvalue weighted by atomic mass is 9.41. The highest BCUT2D eigenvalue weighted by Crippen LogP contribution is 2.77. The van der Waals surface area contributed by atoms with Gasteiger partial charge in [0.1, 0.15) is 5.60 Å². The van der Waals surface area contributed by atoms with Crippen LogP contribution in [0, 0.1) is 16.2 Å². The predicted molar refractivity (Wildman–Crippen MR) is 71.4 cm³/mol. The summed E-state index contributed by atoms with van der Waals surface area (Å²) < 4.78 is 6.26. The third kappa shape index (κ3) is 0.910. The number of epoxide rings is 1. The van der Waals surface area contributed by atoms with Gasteiger partial charge in [-0.3, -0.25) is 4.79 Å². The van der Waals surface area contributed by atoms with Gasteiger partial charge in [-0.1, -0.05) is 48.0 Å². The fraction of sp³-hybridized carbons (Fsp3) is 0.938. The first-order chi connectivity index (χ1) is 8.07. The number of carbonyl (C=O) groups is 1. The Labute approximate surface area is 110 Å². The SMILES string of the molecule is CC1(C)C(=O)C23CCCCC2(O3)C(C)(C)C1(C)C. The average molecular weight is 250 g/mol. The first-order valence-corrected chi connectivity index (χ1v) is 7.32. The minimum absolute atomic E-state index is 0.0395. The molecule has 1 saturated heterocycles. The normalized spacial score (nSPS) is 47.1. The number of carbonyl (C=O) groups excluding carboxylic acids is 1. The molecule has 3 rings (SSSR count). The molecule has 0 spiro atoms. The molecule has 2 heteroatoms. The van der Waals surface area contributed by atoms with Crippen molar-refractivity contribution in [3.8, 4) is 0 Å². The maximum Gasteiger partial charge on any atom is 0.173 e. The highest BCUT2D eigenvalue weighted by molar-refractivity contribution is 5.98. The number of hydrogen-bond acceptors (Lipinski definition) is 2. The Morgan fingerprint density at radius 2 is 1.44 bits per heavy atom. The van der Waals surface area contributed by atoms with Crippen LogP contribution in [0.4, 0.5) is 0 Å². The summed E-state index contributed by atoms with van der Waals surface area (Å²) in [6, 6.07) is 0. The predicted octanol–water partition coefficient (Wildman–Crippen LogP) is 3.73. The summed E-state index contributed by atoms with van der Waals surface area (Å²) in [7, 11) is 0. The van der Waals surface area contributed by atoms with Gasteiger partial charge in [-0.25, -0.2) is 0 Å². The number of rotatable bonds is 0. The molecule has 3 aliphatic rings. The largest absolute Gasteiger partial charge is 0.354 e. The molecule has 102 valence electrons. The van der Waals surface area contributed by atoms with Crippen LogP contribution in [-0.2, 0) is 9.53 Å². The summed E-state index contributed by atoms with van der Waals surface area (Å²) in [6.07, 6.45) is 4.34. The first-order valence-electron chi connectivity index (χ1n) is 7.32. The van der Waals surface area contributed by atoms with E-state index in [0.29, 0.717) is 5.78 Å². The van der Waals surface area contributed by atoms with Gasteiger partial charge in [0.2, 0.25) is 0 Å². The first kappa shape index (κ1) is 12.7. The Kier molecular flexibility index (Phi) is 2.02. The van der Waals surface area contributed by atoms with Crippen LogP contribution in [0.5, 0.6) is 0 Å². The van der Waals surface area contributed by atoms with Crippen LogP contribution in [0.15, 0.2) is 0 Å². The molecule has 2 atom stereocenters. The van der Waals surface area contributed by atoms with Crippen molar-refractivity contribution >= 4 is 5.78 Å². The lowest BCUT2D eigenvalue weighted by Crippen LogP contribution is -2.66. The van der Waals surface area contributed by atoms with Crippen molar-refractivity contribution in [3.05, 3.63) is 0 Å². The highest BCUT2D eigenvalue weighted by Gasteiger charge is 2.87. The summed E-state index contributed by atoms with van der Waals surface area (Å²) >= 11 is 0. The summed E-state index contributed by atoms with van der Waals surface area (Å²) in [4.78, 5) is 13.0. The summed E-state index contributed by atoms with van der Waals surface area (Å²) in [5.74, 6) is 0.360. The molecule has 2 nitrogen and oxygen atoms in total. The zero-order chi connectivity index (χ0) is 13.6. The Bertz CT molecular complexity index is 432. The minimum atomic E-state index is -0.437. The van der Waals surface area contributed by atoms with E-state index >= 15 is 0 Å². The van der Waals surface area contributed by atoms with Gasteiger partial charge < -0.3 is 4.74 Å². The fourth-order valence-electron chi connectivity index (χ4n) is 4.89. The van der Waals surface area contributed by atoms with Gasteiger partial charge in [-0.05, 0) is 24.7 Å². The minimum Gasteiger partial charge on any atom is -0.354 e. The number of Topliss-reactive ketones (excluding diaryl/α,β-unsaturated/α-hetero) is 1. The standard InChI is InChI=1S/C16H26O2/c1-12(2)11(17)15-9-7-8-10-16(15,18-15)14(5,6)13(12,3)4/h7-10H2,1-6H3. The monoisotopic (exact) mass is 250 g/mol. The van der Waals surface area contributed by atoms with Crippen LogP contribution in [0.25, 0.3) is 0 Å². The van der Waals surface area contributed by atoms with Gasteiger partial charge in [0.05, 0.1) is 0 Å². The summed E-state index contributed by atoms with van der Waals surface area (Å²) in [5.41, 5.74) is -0.928. The molecule has 18 heavy (non-hydrogen) atoms. The van der Waals surface area contributed by atoms with Crippen LogP contribution in [0.2, 0.25) is 0 Å². The summed E-state index contributed by atoms with van der Waals surface area (Å²) in [6.45, 7) is 13.4. The van der Waals surface area contributed by atoms with Crippen LogP contribution in [0.1, 0.15) is 67.2 Å². The number of ether oxygens (including phenoxy) is 1. The van der Waals surface area contributed by atoms with Crippen LogP contribution >= 0.6 is 0 Å². The van der Waals surface area contributed by atoms with E-state index in [2.05, 4.69) is 41.5 Å². The fourth-order valence-corrected chi connectivity index (χ4v) is 4.89. The van der Waals surface area contributed by atoms with Gasteiger partial charge in [-0.2, -0.15) is 0 Å². The van der Waals surface area contributed by atoms with Gasteiger partial charge in [0.25, 0.3) is 0 Å². The third-order valence-corrected chi connectivity index (χ3v) is 7.34. The smallest absolute Gasteiger partial charge is 0.173 e. The zero-order valence-corrected chi connectivity index (χ0v) is 12.6. The van der Waals surface area contributed by atoms with Crippen molar-refractivity contribution in [1.29, 1.82) is 0 Å². The maximum atomic E-state index is 13.0.